The van der Waals surface area contributed by atoms with Crippen molar-refractivity contribution in [2.45, 2.75) is 12.5 Å². The fourth-order valence-corrected chi connectivity index (χ4v) is 4.23. The second-order valence-corrected chi connectivity index (χ2v) is 7.42. The van der Waals surface area contributed by atoms with Crippen LogP contribution in [-0.2, 0) is 0 Å². The van der Waals surface area contributed by atoms with E-state index in [2.05, 4.69) is 49.0 Å². The van der Waals surface area contributed by atoms with Gasteiger partial charge in [0.15, 0.2) is 11.5 Å². The molecule has 2 aromatic rings. The van der Waals surface area contributed by atoms with Crippen LogP contribution >= 0.6 is 38.5 Å². The van der Waals surface area contributed by atoms with Crippen molar-refractivity contribution in [3.8, 4) is 17.2 Å². The Bertz CT molecular complexity index is 825. The van der Waals surface area contributed by atoms with E-state index in [-0.39, 0.29) is 18.6 Å². The first kappa shape index (κ1) is 15.1. The van der Waals surface area contributed by atoms with Gasteiger partial charge in [0.25, 0.3) is 0 Å². The number of phenols is 1. The number of phenolic OH excluding ortho intramolecular Hbond substituents is 1. The zero-order valence-corrected chi connectivity index (χ0v) is 15.6. The monoisotopic (exact) mass is 486 g/mol. The smallest absolute Gasteiger partial charge is 0.231 e. The maximum absolute atomic E-state index is 10.3. The van der Waals surface area contributed by atoms with Crippen molar-refractivity contribution in [1.29, 1.82) is 0 Å². The molecule has 0 aromatic heterocycles. The lowest BCUT2D eigenvalue weighted by Gasteiger charge is -2.11. The van der Waals surface area contributed by atoms with Gasteiger partial charge in [-0.1, -0.05) is 22.0 Å². The molecule has 7 heteroatoms. The molecule has 118 valence electrons. The highest BCUT2D eigenvalue weighted by molar-refractivity contribution is 14.1. The van der Waals surface area contributed by atoms with Gasteiger partial charge in [0.05, 0.1) is 15.3 Å². The molecule has 1 atom stereocenters. The van der Waals surface area contributed by atoms with Crippen molar-refractivity contribution in [1.82, 2.24) is 5.43 Å². The molecule has 0 bridgehead atoms. The maximum atomic E-state index is 10.3. The highest BCUT2D eigenvalue weighted by Gasteiger charge is 2.25. The summed E-state index contributed by atoms with van der Waals surface area (Å²) in [5, 5.41) is 14.7. The van der Waals surface area contributed by atoms with Gasteiger partial charge in [-0.3, -0.25) is 0 Å². The molecule has 2 aromatic carbocycles. The summed E-state index contributed by atoms with van der Waals surface area (Å²) in [7, 11) is 0. The number of hydrogen-bond donors (Lipinski definition) is 2. The molecule has 2 N–H and O–H groups in total. The van der Waals surface area contributed by atoms with Crippen LogP contribution in [0.15, 0.2) is 39.9 Å². The van der Waals surface area contributed by atoms with E-state index in [1.807, 2.05) is 30.3 Å². The lowest BCUT2D eigenvalue weighted by atomic mass is 9.98. The SMILES string of the molecule is Oc1c(I)cc(Br)cc1C1=NNC(c2ccc3c(c2)OCO3)C1. The zero-order chi connectivity index (χ0) is 16.0. The Morgan fingerprint density at radius 1 is 1.22 bits per heavy atom. The van der Waals surface area contributed by atoms with Crippen LogP contribution in [0.2, 0.25) is 0 Å². The number of fused-ring (bicyclic) bond motifs is 1. The van der Waals surface area contributed by atoms with Crippen LogP contribution in [0.5, 0.6) is 17.2 Å². The fraction of sp³-hybridized carbons (Fsp3) is 0.188. The zero-order valence-electron chi connectivity index (χ0n) is 11.8. The summed E-state index contributed by atoms with van der Waals surface area (Å²) in [5.74, 6) is 1.80. The number of rotatable bonds is 2. The van der Waals surface area contributed by atoms with E-state index in [1.54, 1.807) is 0 Å². The first-order valence-corrected chi connectivity index (χ1v) is 8.89. The second-order valence-electron chi connectivity index (χ2n) is 5.34. The predicted octanol–water partition coefficient (Wildman–Crippen LogP) is 3.93. The van der Waals surface area contributed by atoms with Gasteiger partial charge < -0.3 is 20.0 Å². The summed E-state index contributed by atoms with van der Waals surface area (Å²) in [6, 6.07) is 9.71. The molecule has 0 saturated heterocycles. The maximum Gasteiger partial charge on any atom is 0.231 e. The standard InChI is InChI=1S/C16H12BrIN2O3/c17-9-4-10(16(21)11(18)5-9)13-6-12(19-20-13)8-1-2-14-15(3-8)23-7-22-14/h1-5,12,19,21H,6-7H2. The third kappa shape index (κ3) is 2.76. The average molecular weight is 487 g/mol. The fourth-order valence-electron chi connectivity index (χ4n) is 2.72. The van der Waals surface area contributed by atoms with Crippen molar-refractivity contribution >= 4 is 44.2 Å². The Morgan fingerprint density at radius 2 is 2.04 bits per heavy atom. The molecule has 2 aliphatic rings. The Hall–Kier alpha value is -1.48. The van der Waals surface area contributed by atoms with Crippen molar-refractivity contribution in [2.75, 3.05) is 6.79 Å². The molecule has 0 spiro atoms. The lowest BCUT2D eigenvalue weighted by Crippen LogP contribution is -2.09. The van der Waals surface area contributed by atoms with E-state index < -0.39 is 0 Å². The van der Waals surface area contributed by atoms with E-state index >= 15 is 0 Å². The average Bonchev–Trinajstić information content (AvgIpc) is 3.18. The summed E-state index contributed by atoms with van der Waals surface area (Å²) in [5.41, 5.74) is 5.81. The molecule has 1 unspecified atom stereocenters. The number of benzene rings is 2. The Kier molecular flexibility index (Phi) is 3.84. The van der Waals surface area contributed by atoms with Crippen molar-refractivity contribution in [3.63, 3.8) is 0 Å². The lowest BCUT2D eigenvalue weighted by molar-refractivity contribution is 0.174. The summed E-state index contributed by atoms with van der Waals surface area (Å²) >= 11 is 5.58. The minimum Gasteiger partial charge on any atom is -0.506 e. The van der Waals surface area contributed by atoms with Crippen LogP contribution in [0.25, 0.3) is 0 Å². The Labute approximate surface area is 155 Å². The third-order valence-electron chi connectivity index (χ3n) is 3.89. The Balaban J connectivity index is 1.60. The highest BCUT2D eigenvalue weighted by atomic mass is 127. The number of hydrazone groups is 1. The number of aromatic hydroxyl groups is 1. The van der Waals surface area contributed by atoms with Gasteiger partial charge in [0.2, 0.25) is 6.79 Å². The van der Waals surface area contributed by atoms with Crippen LogP contribution in [0.4, 0.5) is 0 Å². The van der Waals surface area contributed by atoms with E-state index in [9.17, 15) is 5.11 Å². The number of hydrogen-bond acceptors (Lipinski definition) is 5. The van der Waals surface area contributed by atoms with Gasteiger partial charge in [0, 0.05) is 16.5 Å². The second kappa shape index (κ2) is 5.86. The molecule has 4 rings (SSSR count). The molecule has 2 heterocycles. The summed E-state index contributed by atoms with van der Waals surface area (Å²) in [4.78, 5) is 0. The molecule has 2 aliphatic heterocycles. The predicted molar refractivity (Wildman–Crippen MR) is 98.1 cm³/mol. The van der Waals surface area contributed by atoms with Crippen molar-refractivity contribution in [3.05, 3.63) is 49.5 Å². The van der Waals surface area contributed by atoms with E-state index in [4.69, 9.17) is 9.47 Å². The van der Waals surface area contributed by atoms with Crippen LogP contribution in [0.3, 0.4) is 0 Å². The van der Waals surface area contributed by atoms with Gasteiger partial charge in [-0.2, -0.15) is 5.10 Å². The van der Waals surface area contributed by atoms with Crippen molar-refractivity contribution in [2.24, 2.45) is 5.10 Å². The van der Waals surface area contributed by atoms with Gasteiger partial charge in [-0.05, 0) is 52.4 Å². The molecule has 0 radical (unpaired) electrons. The normalized spacial score (nSPS) is 18.7. The van der Waals surface area contributed by atoms with Gasteiger partial charge in [-0.15, -0.1) is 0 Å². The Morgan fingerprint density at radius 3 is 2.91 bits per heavy atom. The van der Waals surface area contributed by atoms with Crippen LogP contribution in [-0.4, -0.2) is 17.6 Å². The van der Waals surface area contributed by atoms with Gasteiger partial charge in [0.1, 0.15) is 5.75 Å². The topological polar surface area (TPSA) is 63.1 Å². The van der Waals surface area contributed by atoms with Gasteiger partial charge in [-0.25, -0.2) is 0 Å². The molecule has 0 amide bonds. The molecule has 23 heavy (non-hydrogen) atoms. The van der Waals surface area contributed by atoms with E-state index in [1.165, 1.54) is 0 Å². The summed E-state index contributed by atoms with van der Waals surface area (Å²) < 4.78 is 12.5. The molecule has 5 nitrogen and oxygen atoms in total. The summed E-state index contributed by atoms with van der Waals surface area (Å²) in [6.45, 7) is 0.267. The quantitative estimate of drug-likeness (QED) is 0.631. The molecule has 0 fully saturated rings. The minimum absolute atomic E-state index is 0.0514. The summed E-state index contributed by atoms with van der Waals surface area (Å²) in [6.07, 6.45) is 0.694. The number of nitrogens with one attached hydrogen (secondary N) is 1. The third-order valence-corrected chi connectivity index (χ3v) is 5.17. The number of halogens is 2. The first-order valence-electron chi connectivity index (χ1n) is 7.02. The van der Waals surface area contributed by atoms with Crippen LogP contribution < -0.4 is 14.9 Å². The highest BCUT2D eigenvalue weighted by Crippen LogP contribution is 2.37. The van der Waals surface area contributed by atoms with Crippen LogP contribution in [0, 0.1) is 3.57 Å². The number of nitrogens with zero attached hydrogens (tertiary/aromatic N) is 1. The largest absolute Gasteiger partial charge is 0.506 e. The molecular weight excluding hydrogens is 475 g/mol. The van der Waals surface area contributed by atoms with Crippen molar-refractivity contribution < 1.29 is 14.6 Å². The number of ether oxygens (including phenoxy) is 2. The first-order chi connectivity index (χ1) is 11.1. The molecule has 0 aliphatic carbocycles. The van der Waals surface area contributed by atoms with Crippen LogP contribution in [0.1, 0.15) is 23.6 Å². The minimum atomic E-state index is 0.0514. The molecular formula is C16H12BrIN2O3. The van der Waals surface area contributed by atoms with E-state index in [0.29, 0.717) is 6.42 Å². The van der Waals surface area contributed by atoms with E-state index in [0.717, 1.165) is 36.4 Å². The van der Waals surface area contributed by atoms with Gasteiger partial charge >= 0.3 is 0 Å². The molecule has 0 saturated carbocycles.